The molecular formula is C18H19N5O3S. The Morgan fingerprint density at radius 2 is 2.04 bits per heavy atom. The lowest BCUT2D eigenvalue weighted by Crippen LogP contribution is -2.38. The van der Waals surface area contributed by atoms with Gasteiger partial charge in [-0.15, -0.1) is 0 Å². The maximum atomic E-state index is 12.5. The molecule has 0 spiro atoms. The van der Waals surface area contributed by atoms with Gasteiger partial charge < -0.3 is 19.9 Å². The first-order chi connectivity index (χ1) is 13.1. The number of hydrogen-bond donors (Lipinski definition) is 2. The predicted octanol–water partition coefficient (Wildman–Crippen LogP) is 2.24. The SMILES string of the molecule is COc1ccc(NC(=O)C2CCN(c3nc4nc[nH]c(=O)c4s3)CC2)cc1. The van der Waals surface area contributed by atoms with Crippen LogP contribution in [0.25, 0.3) is 10.3 Å². The van der Waals surface area contributed by atoms with E-state index in [0.717, 1.165) is 42.5 Å². The summed E-state index contributed by atoms with van der Waals surface area (Å²) in [5.74, 6) is 0.743. The van der Waals surface area contributed by atoms with Crippen molar-refractivity contribution < 1.29 is 9.53 Å². The Balaban J connectivity index is 1.38. The Labute approximate surface area is 159 Å². The van der Waals surface area contributed by atoms with Crippen LogP contribution in [0.15, 0.2) is 35.4 Å². The molecule has 27 heavy (non-hydrogen) atoms. The maximum absolute atomic E-state index is 12.5. The first-order valence-electron chi connectivity index (χ1n) is 8.68. The van der Waals surface area contributed by atoms with Gasteiger partial charge in [-0.05, 0) is 37.1 Å². The number of nitrogens with zero attached hydrogens (tertiary/aromatic N) is 3. The molecule has 1 fully saturated rings. The number of ether oxygens (including phenoxy) is 1. The molecule has 0 bridgehead atoms. The Bertz CT molecular complexity index is 1010. The molecule has 1 saturated heterocycles. The Hall–Kier alpha value is -2.94. The molecule has 1 amide bonds. The summed E-state index contributed by atoms with van der Waals surface area (Å²) in [5, 5.41) is 3.75. The highest BCUT2D eigenvalue weighted by Gasteiger charge is 2.27. The van der Waals surface area contributed by atoms with Crippen molar-refractivity contribution in [2.24, 2.45) is 5.92 Å². The van der Waals surface area contributed by atoms with Crippen molar-refractivity contribution in [2.75, 3.05) is 30.4 Å². The van der Waals surface area contributed by atoms with Crippen LogP contribution in [0.4, 0.5) is 10.8 Å². The summed E-state index contributed by atoms with van der Waals surface area (Å²) >= 11 is 1.34. The minimum atomic E-state index is -0.169. The third-order valence-electron chi connectivity index (χ3n) is 4.68. The van der Waals surface area contributed by atoms with Gasteiger partial charge in [0.2, 0.25) is 5.91 Å². The number of hydrogen-bond acceptors (Lipinski definition) is 7. The van der Waals surface area contributed by atoms with E-state index >= 15 is 0 Å². The number of H-pyrrole nitrogens is 1. The first-order valence-corrected chi connectivity index (χ1v) is 9.50. The number of carbonyl (C=O) groups is 1. The van der Waals surface area contributed by atoms with Crippen LogP contribution in [0.1, 0.15) is 12.8 Å². The first kappa shape index (κ1) is 17.5. The summed E-state index contributed by atoms with van der Waals surface area (Å²) in [4.78, 5) is 37.6. The molecule has 0 aliphatic carbocycles. The summed E-state index contributed by atoms with van der Waals surface area (Å²) in [6.07, 6.45) is 2.84. The molecule has 140 valence electrons. The molecule has 0 saturated carbocycles. The highest BCUT2D eigenvalue weighted by molar-refractivity contribution is 7.22. The van der Waals surface area contributed by atoms with Crippen LogP contribution in [0, 0.1) is 5.92 Å². The lowest BCUT2D eigenvalue weighted by atomic mass is 9.96. The standard InChI is InChI=1S/C18H19N5O3S/c1-26-13-4-2-12(3-5-13)21-16(24)11-6-8-23(9-7-11)18-22-15-14(27-18)17(25)20-10-19-15/h2-5,10-11H,6-9H2,1H3,(H,21,24)(H,19,20,25). The predicted molar refractivity (Wildman–Crippen MR) is 105 cm³/mol. The minimum Gasteiger partial charge on any atom is -0.497 e. The van der Waals surface area contributed by atoms with Gasteiger partial charge in [-0.3, -0.25) is 9.59 Å². The largest absolute Gasteiger partial charge is 0.497 e. The molecular weight excluding hydrogens is 366 g/mol. The van der Waals surface area contributed by atoms with E-state index in [1.807, 2.05) is 24.3 Å². The number of nitrogens with one attached hydrogen (secondary N) is 2. The van der Waals surface area contributed by atoms with Crippen LogP contribution in [-0.2, 0) is 4.79 Å². The number of piperidine rings is 1. The van der Waals surface area contributed by atoms with Crippen LogP contribution in [0.2, 0.25) is 0 Å². The van der Waals surface area contributed by atoms with E-state index < -0.39 is 0 Å². The van der Waals surface area contributed by atoms with E-state index in [-0.39, 0.29) is 17.4 Å². The van der Waals surface area contributed by atoms with Gasteiger partial charge in [0.05, 0.1) is 13.4 Å². The van der Waals surface area contributed by atoms with Crippen molar-refractivity contribution in [2.45, 2.75) is 12.8 Å². The van der Waals surface area contributed by atoms with Crippen LogP contribution >= 0.6 is 11.3 Å². The summed E-state index contributed by atoms with van der Waals surface area (Å²) in [7, 11) is 1.61. The van der Waals surface area contributed by atoms with E-state index in [1.165, 1.54) is 17.7 Å². The summed E-state index contributed by atoms with van der Waals surface area (Å²) in [5.41, 5.74) is 1.07. The zero-order chi connectivity index (χ0) is 18.8. The maximum Gasteiger partial charge on any atom is 0.270 e. The van der Waals surface area contributed by atoms with E-state index in [4.69, 9.17) is 4.74 Å². The smallest absolute Gasteiger partial charge is 0.270 e. The zero-order valence-electron chi connectivity index (χ0n) is 14.8. The van der Waals surface area contributed by atoms with Crippen molar-refractivity contribution in [3.05, 3.63) is 40.9 Å². The van der Waals surface area contributed by atoms with Gasteiger partial charge in [0, 0.05) is 24.7 Å². The fourth-order valence-electron chi connectivity index (χ4n) is 3.14. The number of benzene rings is 1. The average Bonchev–Trinajstić information content (AvgIpc) is 3.14. The topological polar surface area (TPSA) is 100 Å². The number of fused-ring (bicyclic) bond motifs is 1. The Morgan fingerprint density at radius 1 is 1.30 bits per heavy atom. The summed E-state index contributed by atoms with van der Waals surface area (Å²) in [6, 6.07) is 7.30. The quantitative estimate of drug-likeness (QED) is 0.714. The van der Waals surface area contributed by atoms with E-state index in [2.05, 4.69) is 25.2 Å². The normalized spacial score (nSPS) is 15.1. The lowest BCUT2D eigenvalue weighted by molar-refractivity contribution is -0.120. The van der Waals surface area contributed by atoms with Gasteiger partial charge in [-0.25, -0.2) is 4.98 Å². The van der Waals surface area contributed by atoms with Gasteiger partial charge in [-0.2, -0.15) is 4.98 Å². The minimum absolute atomic E-state index is 0.0298. The molecule has 8 nitrogen and oxygen atoms in total. The van der Waals surface area contributed by atoms with Crippen molar-refractivity contribution in [3.8, 4) is 5.75 Å². The van der Waals surface area contributed by atoms with Crippen molar-refractivity contribution in [1.82, 2.24) is 15.0 Å². The number of aromatic nitrogens is 3. The fraction of sp³-hybridized carbons (Fsp3) is 0.333. The van der Waals surface area contributed by atoms with Gasteiger partial charge in [-0.1, -0.05) is 11.3 Å². The molecule has 4 rings (SSSR count). The number of thiazole rings is 1. The van der Waals surface area contributed by atoms with Crippen LogP contribution in [0.3, 0.4) is 0 Å². The number of amides is 1. The van der Waals surface area contributed by atoms with Gasteiger partial charge in [0.1, 0.15) is 10.4 Å². The number of carbonyl (C=O) groups excluding carboxylic acids is 1. The molecule has 2 N–H and O–H groups in total. The molecule has 0 radical (unpaired) electrons. The second-order valence-electron chi connectivity index (χ2n) is 6.36. The van der Waals surface area contributed by atoms with Crippen molar-refractivity contribution >= 4 is 38.4 Å². The molecule has 2 aromatic heterocycles. The van der Waals surface area contributed by atoms with E-state index in [1.54, 1.807) is 7.11 Å². The Morgan fingerprint density at radius 3 is 2.70 bits per heavy atom. The van der Waals surface area contributed by atoms with E-state index in [9.17, 15) is 9.59 Å². The number of methoxy groups -OCH3 is 1. The van der Waals surface area contributed by atoms with Gasteiger partial charge in [0.25, 0.3) is 5.56 Å². The second kappa shape index (κ2) is 7.36. The van der Waals surface area contributed by atoms with Gasteiger partial charge in [0.15, 0.2) is 10.8 Å². The van der Waals surface area contributed by atoms with Crippen LogP contribution in [0.5, 0.6) is 5.75 Å². The number of rotatable bonds is 4. The van der Waals surface area contributed by atoms with Crippen molar-refractivity contribution in [3.63, 3.8) is 0 Å². The monoisotopic (exact) mass is 385 g/mol. The van der Waals surface area contributed by atoms with Gasteiger partial charge >= 0.3 is 0 Å². The number of aromatic amines is 1. The molecule has 0 unspecified atom stereocenters. The number of anilines is 2. The molecule has 3 heterocycles. The molecule has 1 aliphatic rings. The third kappa shape index (κ3) is 3.63. The van der Waals surface area contributed by atoms with E-state index in [0.29, 0.717) is 10.3 Å². The highest BCUT2D eigenvalue weighted by atomic mass is 32.1. The summed E-state index contributed by atoms with van der Waals surface area (Å²) in [6.45, 7) is 1.44. The highest BCUT2D eigenvalue weighted by Crippen LogP contribution is 2.29. The zero-order valence-corrected chi connectivity index (χ0v) is 15.6. The third-order valence-corrected chi connectivity index (χ3v) is 5.78. The lowest BCUT2D eigenvalue weighted by Gasteiger charge is -2.30. The molecule has 1 aliphatic heterocycles. The fourth-order valence-corrected chi connectivity index (χ4v) is 4.11. The average molecular weight is 385 g/mol. The molecule has 1 aromatic carbocycles. The molecule has 9 heteroatoms. The molecule has 3 aromatic rings. The molecule has 0 atom stereocenters. The summed E-state index contributed by atoms with van der Waals surface area (Å²) < 4.78 is 5.66. The second-order valence-corrected chi connectivity index (χ2v) is 7.34. The Kier molecular flexibility index (Phi) is 4.76. The van der Waals surface area contributed by atoms with Crippen LogP contribution in [-0.4, -0.2) is 41.1 Å². The van der Waals surface area contributed by atoms with Crippen molar-refractivity contribution in [1.29, 1.82) is 0 Å². The van der Waals surface area contributed by atoms with Crippen LogP contribution < -0.4 is 20.5 Å².